The minimum absolute atomic E-state index is 0.0352. The molecule has 14 nitrogen and oxygen atoms in total. The molecule has 4 amide bonds. The minimum Gasteiger partial charge on any atom is -0.445 e. The van der Waals surface area contributed by atoms with Crippen LogP contribution in [0.25, 0.3) is 0 Å². The van der Waals surface area contributed by atoms with E-state index in [4.69, 9.17) is 23.7 Å². The number of fused-ring (bicyclic) bond motifs is 1. The standard InChI is InChI=1S/C38H41F6N3O5.C33H32F6N2O4/c1-25(27-20-29(37(39,40)41)22-30(21-27)38(42,43)44)51-24-36(28-14-9-6-10-15-28)18-17-31(46-33(48)52-35(2,3)4)32(16-11-19-45)47(36)34(49)50-23-26-12-7-5-8-13-26;1-21(23-16-25(32(34,35)36)18-26(17-23)33(37,38)39)45-20-31(24-10-6-3-7-11-24)15-14-27-28(12-13-29(42)40-27)41(31)30(43)44-19-22-8-4-2-5-9-22/h5-10,12-15,20-22,25,31-32H,11,16-18,23-24H2,1-4H3,(H,46,48);2-11,16-18,21,27-28H,12-15,19-20H2,1H3,(H,40,42)/t25-,31+,32-,36-;21-,27+,28-,31-/m11/s1. The Labute approximate surface area is 553 Å². The van der Waals surface area contributed by atoms with Gasteiger partial charge in [0.05, 0.1) is 82.9 Å². The number of carbonyl (C=O) groups excluding carboxylic acids is 4. The SMILES string of the molecule is C[C@@H](OC[C@@]1(c2ccccc2)CC[C@@H]2NC(=O)CC[C@H]2N1C(=O)OCc1ccccc1)c1cc(C(F)(F)F)cc(C(F)(F)F)c1.C[C@@H](OC[C@@]1(c2ccccc2)CC[C@H](NC(=O)OC(C)(C)C)[C@@H](CCC#N)N1C(=O)OCc1ccccc1)c1cc(C(F)(F)F)cc(C(F)(F)F)c1. The second kappa shape index (κ2) is 30.7. The molecule has 0 saturated carbocycles. The molecule has 520 valence electrons. The number of ether oxygens (including phenoxy) is 5. The van der Waals surface area contributed by atoms with Crippen LogP contribution in [0.15, 0.2) is 158 Å². The summed E-state index contributed by atoms with van der Waals surface area (Å²) in [6.45, 7) is 6.95. The number of piperidine rings is 3. The lowest BCUT2D eigenvalue weighted by Gasteiger charge is -2.54. The number of nitriles is 1. The molecular weight excluding hydrogens is 1290 g/mol. The van der Waals surface area contributed by atoms with E-state index in [2.05, 4.69) is 16.7 Å². The largest absolute Gasteiger partial charge is 0.445 e. The highest BCUT2D eigenvalue weighted by Crippen LogP contribution is 2.48. The summed E-state index contributed by atoms with van der Waals surface area (Å²) >= 11 is 0. The second-order valence-electron chi connectivity index (χ2n) is 25.1. The molecule has 8 atom stereocenters. The van der Waals surface area contributed by atoms with Crippen molar-refractivity contribution in [3.05, 3.63) is 213 Å². The van der Waals surface area contributed by atoms with Crippen molar-refractivity contribution in [2.45, 2.75) is 177 Å². The van der Waals surface area contributed by atoms with Gasteiger partial charge in [0.15, 0.2) is 0 Å². The summed E-state index contributed by atoms with van der Waals surface area (Å²) in [5, 5.41) is 15.4. The fourth-order valence-electron chi connectivity index (χ4n) is 12.5. The molecule has 2 N–H and O–H groups in total. The van der Waals surface area contributed by atoms with Crippen molar-refractivity contribution in [2.24, 2.45) is 0 Å². The van der Waals surface area contributed by atoms with Crippen LogP contribution in [-0.4, -0.2) is 77.0 Å². The zero-order chi connectivity index (χ0) is 70.7. The van der Waals surface area contributed by atoms with Gasteiger partial charge >= 0.3 is 43.0 Å². The third kappa shape index (κ3) is 18.8. The summed E-state index contributed by atoms with van der Waals surface area (Å²) in [7, 11) is 0. The first-order valence-electron chi connectivity index (χ1n) is 31.2. The van der Waals surface area contributed by atoms with Crippen LogP contribution in [-0.2, 0) is 77.5 Å². The first-order chi connectivity index (χ1) is 45.6. The number of carbonyl (C=O) groups is 4. The van der Waals surface area contributed by atoms with E-state index in [9.17, 15) is 77.1 Å². The fourth-order valence-corrected chi connectivity index (χ4v) is 12.5. The van der Waals surface area contributed by atoms with Crippen LogP contribution in [0.5, 0.6) is 0 Å². The van der Waals surface area contributed by atoms with Crippen LogP contribution in [0.4, 0.5) is 67.1 Å². The number of rotatable bonds is 17. The zero-order valence-corrected chi connectivity index (χ0v) is 53.5. The van der Waals surface area contributed by atoms with Crippen molar-refractivity contribution in [1.82, 2.24) is 20.4 Å². The van der Waals surface area contributed by atoms with Gasteiger partial charge in [-0.25, -0.2) is 14.4 Å². The smallest absolute Gasteiger partial charge is 0.416 e. The summed E-state index contributed by atoms with van der Waals surface area (Å²) in [5.74, 6) is -0.143. The Hall–Kier alpha value is -8.83. The van der Waals surface area contributed by atoms with Crippen LogP contribution in [0.1, 0.15) is 154 Å². The van der Waals surface area contributed by atoms with Gasteiger partial charge < -0.3 is 34.3 Å². The third-order valence-electron chi connectivity index (χ3n) is 17.2. The van der Waals surface area contributed by atoms with E-state index in [1.807, 2.05) is 6.07 Å². The number of hydrogen-bond acceptors (Lipinski definition) is 10. The monoisotopic (exact) mass is 1370 g/mol. The molecule has 3 aliphatic heterocycles. The van der Waals surface area contributed by atoms with E-state index in [0.717, 1.165) is 5.56 Å². The molecule has 0 spiro atoms. The van der Waals surface area contributed by atoms with Crippen molar-refractivity contribution in [3.63, 3.8) is 0 Å². The summed E-state index contributed by atoms with van der Waals surface area (Å²) < 4.78 is 193. The van der Waals surface area contributed by atoms with Crippen molar-refractivity contribution in [2.75, 3.05) is 13.2 Å². The lowest BCUT2D eigenvalue weighted by atomic mass is 9.75. The summed E-state index contributed by atoms with van der Waals surface area (Å²) in [6.07, 6.45) is -23.3. The zero-order valence-electron chi connectivity index (χ0n) is 53.5. The highest BCUT2D eigenvalue weighted by molar-refractivity contribution is 5.78. The topological polar surface area (TPSA) is 169 Å². The molecule has 97 heavy (non-hydrogen) atoms. The highest BCUT2D eigenvalue weighted by Gasteiger charge is 2.55. The number of benzene rings is 6. The molecule has 6 aromatic rings. The Morgan fingerprint density at radius 3 is 1.37 bits per heavy atom. The average molecular weight is 1370 g/mol. The molecule has 3 aliphatic rings. The quantitative estimate of drug-likeness (QED) is 0.0662. The van der Waals surface area contributed by atoms with E-state index < -0.39 is 119 Å². The Balaban J connectivity index is 0.000000250. The van der Waals surface area contributed by atoms with Gasteiger partial charge in [-0.3, -0.25) is 14.6 Å². The van der Waals surface area contributed by atoms with Gasteiger partial charge in [-0.2, -0.15) is 57.9 Å². The van der Waals surface area contributed by atoms with Crippen LogP contribution in [0.2, 0.25) is 0 Å². The van der Waals surface area contributed by atoms with E-state index in [1.54, 1.807) is 141 Å². The van der Waals surface area contributed by atoms with Gasteiger partial charge in [0, 0.05) is 18.9 Å². The number of halogens is 12. The Bertz CT molecular complexity index is 3620. The van der Waals surface area contributed by atoms with Crippen LogP contribution in [0.3, 0.4) is 0 Å². The van der Waals surface area contributed by atoms with Crippen molar-refractivity contribution in [1.29, 1.82) is 5.26 Å². The van der Waals surface area contributed by atoms with Crippen molar-refractivity contribution >= 4 is 24.2 Å². The number of hydrogen-bond donors (Lipinski definition) is 2. The molecule has 3 saturated heterocycles. The van der Waals surface area contributed by atoms with Crippen LogP contribution < -0.4 is 10.6 Å². The van der Waals surface area contributed by atoms with Gasteiger partial charge in [-0.15, -0.1) is 0 Å². The van der Waals surface area contributed by atoms with Gasteiger partial charge in [0.2, 0.25) is 5.91 Å². The Kier molecular flexibility index (Phi) is 23.4. The van der Waals surface area contributed by atoms with E-state index in [0.29, 0.717) is 53.8 Å². The number of alkyl halides is 12. The predicted octanol–water partition coefficient (Wildman–Crippen LogP) is 17.5. The van der Waals surface area contributed by atoms with Crippen LogP contribution >= 0.6 is 0 Å². The first kappa shape index (κ1) is 74.0. The maximum atomic E-state index is 14.4. The van der Waals surface area contributed by atoms with Crippen molar-refractivity contribution < 1.29 is 95.5 Å². The number of nitrogens with zero attached hydrogens (tertiary/aromatic N) is 3. The van der Waals surface area contributed by atoms with E-state index in [-0.39, 0.29) is 93.6 Å². The molecular formula is C71H73F12N5O9. The molecule has 0 unspecified atom stereocenters. The van der Waals surface area contributed by atoms with Gasteiger partial charge in [0.25, 0.3) is 0 Å². The van der Waals surface area contributed by atoms with Gasteiger partial charge in [-0.1, -0.05) is 121 Å². The van der Waals surface area contributed by atoms with E-state index in [1.165, 1.54) is 18.7 Å². The van der Waals surface area contributed by atoms with Gasteiger partial charge in [-0.05, 0) is 143 Å². The molecule has 0 aliphatic carbocycles. The molecule has 9 rings (SSSR count). The van der Waals surface area contributed by atoms with Crippen molar-refractivity contribution in [3.8, 4) is 6.07 Å². The Morgan fingerprint density at radius 1 is 0.577 bits per heavy atom. The summed E-state index contributed by atoms with van der Waals surface area (Å²) in [6, 6.07) is 37.6. The lowest BCUT2D eigenvalue weighted by molar-refractivity contribution is -0.145. The molecule has 3 fully saturated rings. The highest BCUT2D eigenvalue weighted by atomic mass is 19.4. The molecule has 26 heteroatoms. The number of amides is 4. The first-order valence-corrected chi connectivity index (χ1v) is 31.2. The fraction of sp³-hybridized carbons (Fsp3) is 0.423. The van der Waals surface area contributed by atoms with Gasteiger partial charge in [0.1, 0.15) is 18.8 Å². The van der Waals surface area contributed by atoms with Crippen LogP contribution in [0, 0.1) is 11.3 Å². The number of likely N-dealkylation sites (tertiary alicyclic amines) is 2. The summed E-state index contributed by atoms with van der Waals surface area (Å²) in [5.41, 5.74) is -7.38. The molecule has 0 bridgehead atoms. The average Bonchev–Trinajstić information content (AvgIpc) is 0.747. The molecule has 0 radical (unpaired) electrons. The second-order valence-corrected chi connectivity index (χ2v) is 25.1. The molecule has 3 heterocycles. The third-order valence-corrected chi connectivity index (χ3v) is 17.2. The maximum Gasteiger partial charge on any atom is 0.416 e. The predicted molar refractivity (Wildman–Crippen MR) is 330 cm³/mol. The van der Waals surface area contributed by atoms with E-state index >= 15 is 0 Å². The lowest BCUT2D eigenvalue weighted by Crippen LogP contribution is -2.68. The summed E-state index contributed by atoms with van der Waals surface area (Å²) in [4.78, 5) is 56.6. The number of nitrogens with one attached hydrogen (secondary N) is 2. The maximum absolute atomic E-state index is 14.4. The normalized spacial score (nSPS) is 21.3. The molecule has 6 aromatic carbocycles. The Morgan fingerprint density at radius 2 is 0.969 bits per heavy atom. The molecule has 0 aromatic heterocycles. The number of alkyl carbamates (subject to hydrolysis) is 1. The minimum atomic E-state index is -5.06.